The number of carbonyl (C=O) groups is 1. The van der Waals surface area contributed by atoms with Gasteiger partial charge in [-0.05, 0) is 51.7 Å². The Hall–Kier alpha value is -0.610. The monoisotopic (exact) mass is 269 g/mol. The normalized spacial score (nSPS) is 19.6. The van der Waals surface area contributed by atoms with E-state index in [-0.39, 0.29) is 11.9 Å². The van der Waals surface area contributed by atoms with Gasteiger partial charge in [-0.1, -0.05) is 20.8 Å². The van der Waals surface area contributed by atoms with Gasteiger partial charge in [-0.25, -0.2) is 0 Å². The summed E-state index contributed by atoms with van der Waals surface area (Å²) in [6.45, 7) is 12.5. The summed E-state index contributed by atoms with van der Waals surface area (Å²) < 4.78 is 0. The molecule has 19 heavy (non-hydrogen) atoms. The van der Waals surface area contributed by atoms with E-state index in [1.807, 2.05) is 0 Å². The molecule has 4 nitrogen and oxygen atoms in total. The predicted octanol–water partition coefficient (Wildman–Crippen LogP) is 1.61. The molecule has 1 amide bonds. The molecular formula is C15H31N3O. The molecule has 1 saturated heterocycles. The first kappa shape index (κ1) is 16.4. The lowest BCUT2D eigenvalue weighted by Gasteiger charge is -2.32. The van der Waals surface area contributed by atoms with Crippen molar-refractivity contribution in [2.75, 3.05) is 26.2 Å². The van der Waals surface area contributed by atoms with Gasteiger partial charge < -0.3 is 15.5 Å². The highest BCUT2D eigenvalue weighted by Crippen LogP contribution is 2.10. The van der Waals surface area contributed by atoms with Gasteiger partial charge in [0.15, 0.2) is 0 Å². The van der Waals surface area contributed by atoms with Crippen LogP contribution in [0.25, 0.3) is 0 Å². The summed E-state index contributed by atoms with van der Waals surface area (Å²) in [4.78, 5) is 14.3. The van der Waals surface area contributed by atoms with Crippen LogP contribution in [0.15, 0.2) is 0 Å². The van der Waals surface area contributed by atoms with Crippen LogP contribution < -0.4 is 10.6 Å². The van der Waals surface area contributed by atoms with Crippen LogP contribution in [0.5, 0.6) is 0 Å². The van der Waals surface area contributed by atoms with Crippen LogP contribution in [-0.4, -0.2) is 49.1 Å². The lowest BCUT2D eigenvalue weighted by molar-refractivity contribution is -0.121. The van der Waals surface area contributed by atoms with Gasteiger partial charge in [0, 0.05) is 12.1 Å². The van der Waals surface area contributed by atoms with Gasteiger partial charge in [0.25, 0.3) is 0 Å². The Bertz CT molecular complexity index is 260. The number of piperidine rings is 1. The molecule has 0 saturated carbocycles. The lowest BCUT2D eigenvalue weighted by Crippen LogP contribution is -2.47. The average molecular weight is 269 g/mol. The minimum Gasteiger partial charge on any atom is -0.352 e. The van der Waals surface area contributed by atoms with Gasteiger partial charge in [-0.2, -0.15) is 0 Å². The Morgan fingerprint density at radius 2 is 1.89 bits per heavy atom. The second-order valence-electron chi connectivity index (χ2n) is 6.10. The van der Waals surface area contributed by atoms with Crippen molar-refractivity contribution in [1.82, 2.24) is 15.5 Å². The van der Waals surface area contributed by atoms with Crippen LogP contribution >= 0.6 is 0 Å². The summed E-state index contributed by atoms with van der Waals surface area (Å²) >= 11 is 0. The molecule has 4 heteroatoms. The molecule has 1 rings (SSSR count). The standard InChI is InChI=1S/C15H31N3O/c1-5-8-18-9-6-14(7-10-18)16-11-15(19)17-13(4)12(2)3/h12-14,16H,5-11H2,1-4H3,(H,17,19). The van der Waals surface area contributed by atoms with E-state index in [1.165, 1.54) is 13.0 Å². The summed E-state index contributed by atoms with van der Waals surface area (Å²) in [7, 11) is 0. The van der Waals surface area contributed by atoms with Gasteiger partial charge in [-0.15, -0.1) is 0 Å². The van der Waals surface area contributed by atoms with Crippen LogP contribution in [0.3, 0.4) is 0 Å². The highest BCUT2D eigenvalue weighted by atomic mass is 16.1. The number of carbonyl (C=O) groups excluding carboxylic acids is 1. The van der Waals surface area contributed by atoms with Crippen LogP contribution in [0.1, 0.15) is 47.0 Å². The summed E-state index contributed by atoms with van der Waals surface area (Å²) in [6, 6.07) is 0.758. The van der Waals surface area contributed by atoms with E-state index in [9.17, 15) is 4.79 Å². The predicted molar refractivity (Wildman–Crippen MR) is 80.2 cm³/mol. The van der Waals surface area contributed by atoms with E-state index in [0.29, 0.717) is 18.5 Å². The molecule has 0 radical (unpaired) electrons. The first-order valence-electron chi connectivity index (χ1n) is 7.78. The van der Waals surface area contributed by atoms with Crippen LogP contribution in [0.4, 0.5) is 0 Å². The number of nitrogens with zero attached hydrogens (tertiary/aromatic N) is 1. The van der Waals surface area contributed by atoms with E-state index in [4.69, 9.17) is 0 Å². The number of hydrogen-bond donors (Lipinski definition) is 2. The first-order valence-corrected chi connectivity index (χ1v) is 7.78. The van der Waals surface area contributed by atoms with Crippen LogP contribution in [0, 0.1) is 5.92 Å². The quantitative estimate of drug-likeness (QED) is 0.738. The topological polar surface area (TPSA) is 44.4 Å². The second kappa shape index (κ2) is 8.54. The molecule has 112 valence electrons. The van der Waals surface area contributed by atoms with E-state index in [0.717, 1.165) is 25.9 Å². The van der Waals surface area contributed by atoms with Gasteiger partial charge >= 0.3 is 0 Å². The molecule has 1 unspecified atom stereocenters. The molecule has 1 aliphatic rings. The molecule has 0 aromatic carbocycles. The Morgan fingerprint density at radius 3 is 2.42 bits per heavy atom. The second-order valence-corrected chi connectivity index (χ2v) is 6.10. The molecule has 0 bridgehead atoms. The number of hydrogen-bond acceptors (Lipinski definition) is 3. The summed E-state index contributed by atoms with van der Waals surface area (Å²) in [5, 5.41) is 6.43. The maximum Gasteiger partial charge on any atom is 0.234 e. The fraction of sp³-hybridized carbons (Fsp3) is 0.933. The minimum absolute atomic E-state index is 0.122. The molecule has 0 spiro atoms. The highest BCUT2D eigenvalue weighted by molar-refractivity contribution is 5.78. The molecule has 0 aromatic heterocycles. The van der Waals surface area contributed by atoms with Crippen molar-refractivity contribution < 1.29 is 4.79 Å². The molecule has 0 aromatic rings. The van der Waals surface area contributed by atoms with Gasteiger partial charge in [-0.3, -0.25) is 4.79 Å². The van der Waals surface area contributed by atoms with Crippen LogP contribution in [-0.2, 0) is 4.79 Å². The Balaban J connectivity index is 2.15. The minimum atomic E-state index is 0.122. The van der Waals surface area contributed by atoms with Gasteiger partial charge in [0.1, 0.15) is 0 Å². The summed E-state index contributed by atoms with van der Waals surface area (Å²) in [6.07, 6.45) is 3.55. The van der Waals surface area contributed by atoms with Crippen molar-refractivity contribution in [3.05, 3.63) is 0 Å². The zero-order valence-electron chi connectivity index (χ0n) is 13.0. The third-order valence-corrected chi connectivity index (χ3v) is 4.07. The average Bonchev–Trinajstić information content (AvgIpc) is 2.38. The van der Waals surface area contributed by atoms with E-state index in [2.05, 4.69) is 43.2 Å². The molecule has 1 aliphatic heterocycles. The van der Waals surface area contributed by atoms with Crippen molar-refractivity contribution in [2.24, 2.45) is 5.92 Å². The number of amides is 1. The van der Waals surface area contributed by atoms with Crippen molar-refractivity contribution in [3.8, 4) is 0 Å². The van der Waals surface area contributed by atoms with Crippen molar-refractivity contribution in [3.63, 3.8) is 0 Å². The van der Waals surface area contributed by atoms with Gasteiger partial charge in [0.2, 0.25) is 5.91 Å². The maximum absolute atomic E-state index is 11.8. The molecule has 1 heterocycles. The number of nitrogens with one attached hydrogen (secondary N) is 2. The highest BCUT2D eigenvalue weighted by Gasteiger charge is 2.19. The largest absolute Gasteiger partial charge is 0.352 e. The van der Waals surface area contributed by atoms with Crippen molar-refractivity contribution in [1.29, 1.82) is 0 Å². The SMILES string of the molecule is CCCN1CCC(NCC(=O)NC(C)C(C)C)CC1. The summed E-state index contributed by atoms with van der Waals surface area (Å²) in [5.74, 6) is 0.610. The number of likely N-dealkylation sites (tertiary alicyclic amines) is 1. The molecule has 1 fully saturated rings. The fourth-order valence-electron chi connectivity index (χ4n) is 2.39. The van der Waals surface area contributed by atoms with E-state index < -0.39 is 0 Å². The molecule has 2 N–H and O–H groups in total. The fourth-order valence-corrected chi connectivity index (χ4v) is 2.39. The third-order valence-electron chi connectivity index (χ3n) is 4.07. The maximum atomic E-state index is 11.8. The van der Waals surface area contributed by atoms with Crippen LogP contribution in [0.2, 0.25) is 0 Å². The van der Waals surface area contributed by atoms with Crippen molar-refractivity contribution in [2.45, 2.75) is 59.0 Å². The molecule has 1 atom stereocenters. The van der Waals surface area contributed by atoms with E-state index in [1.54, 1.807) is 0 Å². The van der Waals surface area contributed by atoms with E-state index >= 15 is 0 Å². The third kappa shape index (κ3) is 6.39. The zero-order valence-corrected chi connectivity index (χ0v) is 13.0. The first-order chi connectivity index (χ1) is 9.02. The van der Waals surface area contributed by atoms with Gasteiger partial charge in [0.05, 0.1) is 6.54 Å². The summed E-state index contributed by atoms with van der Waals surface area (Å²) in [5.41, 5.74) is 0. The molecule has 0 aliphatic carbocycles. The zero-order chi connectivity index (χ0) is 14.3. The smallest absolute Gasteiger partial charge is 0.234 e. The Kier molecular flexibility index (Phi) is 7.39. The number of rotatable bonds is 7. The molecular weight excluding hydrogens is 238 g/mol. The Labute approximate surface area is 118 Å². The lowest BCUT2D eigenvalue weighted by atomic mass is 10.0. The van der Waals surface area contributed by atoms with Crippen molar-refractivity contribution >= 4 is 5.91 Å². The Morgan fingerprint density at radius 1 is 1.26 bits per heavy atom.